The van der Waals surface area contributed by atoms with Gasteiger partial charge in [-0.2, -0.15) is 0 Å². The number of nitrogens with one attached hydrogen (secondary N) is 1. The Bertz CT molecular complexity index is 663. The molecule has 6 nitrogen and oxygen atoms in total. The predicted octanol–water partition coefficient (Wildman–Crippen LogP) is -0.258. The molecular formula is C10H14N2O4S3. The molecule has 0 saturated carbocycles. The highest BCUT2D eigenvalue weighted by Crippen LogP contribution is 2.05. The lowest BCUT2D eigenvalue weighted by Gasteiger charge is -2.06. The summed E-state index contributed by atoms with van der Waals surface area (Å²) in [6.07, 6.45) is 0.864. The van der Waals surface area contributed by atoms with Crippen molar-refractivity contribution in [2.75, 3.05) is 11.3 Å². The van der Waals surface area contributed by atoms with E-state index in [9.17, 15) is 16.8 Å². The molecule has 0 aromatic heterocycles. The maximum atomic E-state index is 11.5. The van der Waals surface area contributed by atoms with Crippen LogP contribution in [0.3, 0.4) is 0 Å². The molecule has 106 valence electrons. The van der Waals surface area contributed by atoms with Crippen molar-refractivity contribution >= 4 is 37.1 Å². The molecule has 0 amide bonds. The maximum Gasteiger partial charge on any atom is 0.226 e. The molecule has 0 saturated heterocycles. The van der Waals surface area contributed by atoms with E-state index in [1.165, 1.54) is 0 Å². The third kappa shape index (κ3) is 6.10. The first-order valence-electron chi connectivity index (χ1n) is 5.13. The Kier molecular flexibility index (Phi) is 5.02. The fraction of sp³-hybridized carbons (Fsp3) is 0.300. The second-order valence-electron chi connectivity index (χ2n) is 4.04. The number of rotatable bonds is 6. The van der Waals surface area contributed by atoms with Crippen molar-refractivity contribution in [2.45, 2.75) is 6.54 Å². The van der Waals surface area contributed by atoms with Crippen LogP contribution in [-0.4, -0.2) is 33.2 Å². The molecule has 3 N–H and O–H groups in total. The van der Waals surface area contributed by atoms with E-state index in [0.29, 0.717) is 11.1 Å². The summed E-state index contributed by atoms with van der Waals surface area (Å²) in [7, 11) is -7.44. The van der Waals surface area contributed by atoms with E-state index in [4.69, 9.17) is 18.0 Å². The Labute approximate surface area is 118 Å². The summed E-state index contributed by atoms with van der Waals surface area (Å²) in [6.45, 7) is 0.00939. The second-order valence-corrected chi connectivity index (χ2v) is 8.79. The first-order valence-corrected chi connectivity index (χ1v) is 9.25. The molecule has 1 aromatic carbocycles. The Morgan fingerprint density at radius 2 is 1.74 bits per heavy atom. The van der Waals surface area contributed by atoms with Crippen molar-refractivity contribution in [3.05, 3.63) is 35.4 Å². The van der Waals surface area contributed by atoms with Crippen molar-refractivity contribution in [3.63, 3.8) is 0 Å². The summed E-state index contributed by atoms with van der Waals surface area (Å²) in [5.74, 6) is 0. The van der Waals surface area contributed by atoms with Gasteiger partial charge >= 0.3 is 0 Å². The topological polar surface area (TPSA) is 106 Å². The average molecular weight is 322 g/mol. The third-order valence-corrected chi connectivity index (χ3v) is 5.88. The highest BCUT2D eigenvalue weighted by molar-refractivity contribution is 8.06. The minimum Gasteiger partial charge on any atom is -0.389 e. The monoisotopic (exact) mass is 322 g/mol. The zero-order valence-electron chi connectivity index (χ0n) is 10.2. The van der Waals surface area contributed by atoms with E-state index < -0.39 is 24.9 Å². The molecule has 0 radical (unpaired) electrons. The molecule has 0 bridgehead atoms. The SMILES string of the molecule is CS(=O)(=O)CS(=O)(=O)NCc1ccc(C(N)=S)cc1. The Balaban J connectivity index is 2.69. The van der Waals surface area contributed by atoms with E-state index in [1.54, 1.807) is 24.3 Å². The summed E-state index contributed by atoms with van der Waals surface area (Å²) in [5.41, 5.74) is 6.79. The van der Waals surface area contributed by atoms with Crippen LogP contribution < -0.4 is 10.5 Å². The zero-order chi connectivity index (χ0) is 14.7. The van der Waals surface area contributed by atoms with Crippen LogP contribution in [0.5, 0.6) is 0 Å². The van der Waals surface area contributed by atoms with Crippen molar-refractivity contribution in [1.29, 1.82) is 0 Å². The number of thiocarbonyl (C=S) groups is 1. The first-order chi connectivity index (χ1) is 8.59. The summed E-state index contributed by atoms with van der Waals surface area (Å²) >= 11 is 4.79. The minimum atomic E-state index is -3.85. The largest absolute Gasteiger partial charge is 0.389 e. The lowest BCUT2D eigenvalue weighted by molar-refractivity contribution is 0.580. The van der Waals surface area contributed by atoms with Gasteiger partial charge in [-0.3, -0.25) is 0 Å². The van der Waals surface area contributed by atoms with E-state index in [-0.39, 0.29) is 11.5 Å². The number of sulfonamides is 1. The summed E-state index contributed by atoms with van der Waals surface area (Å²) in [5, 5.41) is -0.926. The molecule has 0 aliphatic heterocycles. The molecule has 19 heavy (non-hydrogen) atoms. The van der Waals surface area contributed by atoms with Crippen LogP contribution in [-0.2, 0) is 26.4 Å². The fourth-order valence-electron chi connectivity index (χ4n) is 1.30. The Morgan fingerprint density at radius 1 is 1.21 bits per heavy atom. The number of hydrogen-bond donors (Lipinski definition) is 2. The number of hydrogen-bond acceptors (Lipinski definition) is 5. The van der Waals surface area contributed by atoms with Gasteiger partial charge in [-0.05, 0) is 5.56 Å². The van der Waals surface area contributed by atoms with Crippen molar-refractivity contribution in [2.24, 2.45) is 5.73 Å². The molecular weight excluding hydrogens is 308 g/mol. The maximum absolute atomic E-state index is 11.5. The number of nitrogens with two attached hydrogens (primary N) is 1. The molecule has 0 heterocycles. The van der Waals surface area contributed by atoms with Gasteiger partial charge in [-0.1, -0.05) is 36.5 Å². The van der Waals surface area contributed by atoms with Gasteiger partial charge in [0.2, 0.25) is 10.0 Å². The molecule has 0 spiro atoms. The quantitative estimate of drug-likeness (QED) is 0.699. The molecule has 0 atom stereocenters. The van der Waals surface area contributed by atoms with Gasteiger partial charge in [0.15, 0.2) is 14.9 Å². The van der Waals surface area contributed by atoms with Gasteiger partial charge in [-0.25, -0.2) is 21.6 Å². The second kappa shape index (κ2) is 5.95. The fourth-order valence-corrected chi connectivity index (χ4v) is 4.41. The summed E-state index contributed by atoms with van der Waals surface area (Å²) < 4.78 is 47.0. The molecule has 0 aliphatic rings. The molecule has 1 aromatic rings. The van der Waals surface area contributed by atoms with Crippen LogP contribution in [0.25, 0.3) is 0 Å². The molecule has 0 unspecified atom stereocenters. The number of sulfone groups is 1. The molecule has 0 aliphatic carbocycles. The van der Waals surface area contributed by atoms with Gasteiger partial charge in [-0.15, -0.1) is 0 Å². The normalized spacial score (nSPS) is 12.3. The van der Waals surface area contributed by atoms with E-state index >= 15 is 0 Å². The van der Waals surface area contributed by atoms with Crippen molar-refractivity contribution in [1.82, 2.24) is 4.72 Å². The van der Waals surface area contributed by atoms with Crippen LogP contribution in [0.15, 0.2) is 24.3 Å². The van der Waals surface area contributed by atoms with Crippen LogP contribution in [0.4, 0.5) is 0 Å². The molecule has 1 rings (SSSR count). The van der Waals surface area contributed by atoms with Crippen LogP contribution >= 0.6 is 12.2 Å². The third-order valence-electron chi connectivity index (χ3n) is 2.10. The molecule has 0 fully saturated rings. The van der Waals surface area contributed by atoms with Gasteiger partial charge in [0.1, 0.15) is 4.99 Å². The van der Waals surface area contributed by atoms with Gasteiger partial charge in [0, 0.05) is 18.4 Å². The average Bonchev–Trinajstić information content (AvgIpc) is 2.24. The smallest absolute Gasteiger partial charge is 0.226 e. The standard InChI is InChI=1S/C10H14N2O4S3/c1-18(13,14)7-19(15,16)12-6-8-2-4-9(5-3-8)10(11)17/h2-5,12H,6-7H2,1H3,(H2,11,17). The summed E-state index contributed by atoms with van der Waals surface area (Å²) in [4.78, 5) is 0.254. The van der Waals surface area contributed by atoms with Gasteiger partial charge in [0.25, 0.3) is 0 Å². The summed E-state index contributed by atoms with van der Waals surface area (Å²) in [6, 6.07) is 6.67. The van der Waals surface area contributed by atoms with Crippen LogP contribution in [0, 0.1) is 0 Å². The lowest BCUT2D eigenvalue weighted by atomic mass is 10.1. The van der Waals surface area contributed by atoms with Crippen molar-refractivity contribution < 1.29 is 16.8 Å². The number of benzene rings is 1. The zero-order valence-corrected chi connectivity index (χ0v) is 12.6. The highest BCUT2D eigenvalue weighted by Gasteiger charge is 2.17. The van der Waals surface area contributed by atoms with Crippen molar-refractivity contribution in [3.8, 4) is 0 Å². The molecule has 9 heteroatoms. The van der Waals surface area contributed by atoms with E-state index in [1.807, 2.05) is 0 Å². The van der Waals surface area contributed by atoms with Gasteiger partial charge < -0.3 is 5.73 Å². The first kappa shape index (κ1) is 16.0. The van der Waals surface area contributed by atoms with Gasteiger partial charge in [0.05, 0.1) is 0 Å². The van der Waals surface area contributed by atoms with E-state index in [2.05, 4.69) is 4.72 Å². The Morgan fingerprint density at radius 3 is 2.16 bits per heavy atom. The van der Waals surface area contributed by atoms with Crippen LogP contribution in [0.2, 0.25) is 0 Å². The highest BCUT2D eigenvalue weighted by atomic mass is 32.3. The predicted molar refractivity (Wildman–Crippen MR) is 77.8 cm³/mol. The minimum absolute atomic E-state index is 0.00939. The lowest BCUT2D eigenvalue weighted by Crippen LogP contribution is -2.29. The van der Waals surface area contributed by atoms with Crippen LogP contribution in [0.1, 0.15) is 11.1 Å². The Hall–Kier alpha value is -1.03. The van der Waals surface area contributed by atoms with E-state index in [0.717, 1.165) is 6.26 Å².